The van der Waals surface area contributed by atoms with Gasteiger partial charge in [-0.3, -0.25) is 19.3 Å². The fraction of sp³-hybridized carbons (Fsp3) is 0.292. The quantitative estimate of drug-likeness (QED) is 0.603. The molecule has 4 rings (SSSR count). The molecule has 166 valence electrons. The smallest absolute Gasteiger partial charge is 0.294 e. The van der Waals surface area contributed by atoms with Crippen molar-refractivity contribution < 1.29 is 23.5 Å². The van der Waals surface area contributed by atoms with E-state index in [0.717, 1.165) is 35.9 Å². The van der Waals surface area contributed by atoms with Crippen LogP contribution in [0.5, 0.6) is 5.75 Å². The molecule has 0 spiro atoms. The van der Waals surface area contributed by atoms with Gasteiger partial charge in [0.25, 0.3) is 11.1 Å². The Bertz CT molecular complexity index is 1070. The first-order valence-electron chi connectivity index (χ1n) is 10.5. The van der Waals surface area contributed by atoms with Gasteiger partial charge in [0, 0.05) is 18.7 Å². The first-order chi connectivity index (χ1) is 15.5. The maximum Gasteiger partial charge on any atom is 0.294 e. The van der Waals surface area contributed by atoms with Gasteiger partial charge in [0.15, 0.2) is 0 Å². The number of halogens is 1. The van der Waals surface area contributed by atoms with Crippen LogP contribution < -0.4 is 4.74 Å². The van der Waals surface area contributed by atoms with Crippen molar-refractivity contribution in [2.24, 2.45) is 0 Å². The molecule has 6 nitrogen and oxygen atoms in total. The lowest BCUT2D eigenvalue weighted by Crippen LogP contribution is -2.44. The molecule has 2 aliphatic rings. The number of piperidine rings is 1. The van der Waals surface area contributed by atoms with Crippen LogP contribution >= 0.6 is 11.8 Å². The topological polar surface area (TPSA) is 66.9 Å². The summed E-state index contributed by atoms with van der Waals surface area (Å²) in [6, 6.07) is 13.4. The summed E-state index contributed by atoms with van der Waals surface area (Å²) in [6.45, 7) is 1.19. The minimum Gasteiger partial charge on any atom is -0.489 e. The Labute approximate surface area is 190 Å². The van der Waals surface area contributed by atoms with E-state index in [-0.39, 0.29) is 29.8 Å². The molecule has 2 aromatic carbocycles. The van der Waals surface area contributed by atoms with E-state index in [1.165, 1.54) is 6.07 Å². The lowest BCUT2D eigenvalue weighted by atomic mass is 10.1. The molecule has 2 saturated heterocycles. The minimum atomic E-state index is -0.469. The van der Waals surface area contributed by atoms with Crippen LogP contribution in [-0.2, 0) is 16.2 Å². The molecule has 0 atom stereocenters. The van der Waals surface area contributed by atoms with E-state index in [1.54, 1.807) is 53.4 Å². The number of rotatable bonds is 6. The summed E-state index contributed by atoms with van der Waals surface area (Å²) >= 11 is 0.821. The fourth-order valence-corrected chi connectivity index (χ4v) is 4.48. The Morgan fingerprint density at radius 1 is 1.06 bits per heavy atom. The highest BCUT2D eigenvalue weighted by Crippen LogP contribution is 2.32. The molecule has 2 aromatic rings. The number of ether oxygens (including phenoxy) is 1. The molecule has 0 aromatic heterocycles. The summed E-state index contributed by atoms with van der Waals surface area (Å²) in [7, 11) is 0. The lowest BCUT2D eigenvalue weighted by Gasteiger charge is -2.27. The summed E-state index contributed by atoms with van der Waals surface area (Å²) in [5, 5.41) is -0.446. The summed E-state index contributed by atoms with van der Waals surface area (Å²) in [5.74, 6) is -0.488. The molecule has 3 amide bonds. The summed E-state index contributed by atoms with van der Waals surface area (Å²) in [5.41, 5.74) is 1.11. The van der Waals surface area contributed by atoms with Crippen molar-refractivity contribution in [2.75, 3.05) is 19.6 Å². The minimum absolute atomic E-state index is 0.0747. The second kappa shape index (κ2) is 9.99. The van der Waals surface area contributed by atoms with Crippen LogP contribution in [0.2, 0.25) is 0 Å². The first-order valence-corrected chi connectivity index (χ1v) is 11.3. The molecule has 0 radical (unpaired) electrons. The average molecular weight is 455 g/mol. The van der Waals surface area contributed by atoms with Crippen molar-refractivity contribution >= 4 is 34.9 Å². The van der Waals surface area contributed by atoms with Crippen LogP contribution in [0.3, 0.4) is 0 Å². The standard InChI is InChI=1S/C24H23FN2O4S/c25-20-10-3-2-8-18(20)16-31-19-9-6-7-17(13-19)14-21-23(29)27(24(30)32-21)15-22(28)26-11-4-1-5-12-26/h2-3,6-10,13-14H,1,4-5,11-12,15-16H2/b21-14-. The van der Waals surface area contributed by atoms with Gasteiger partial charge in [-0.15, -0.1) is 0 Å². The molecule has 0 bridgehead atoms. The largest absolute Gasteiger partial charge is 0.489 e. The molecule has 0 unspecified atom stereocenters. The molecule has 8 heteroatoms. The zero-order valence-corrected chi connectivity index (χ0v) is 18.3. The Balaban J connectivity index is 1.41. The monoisotopic (exact) mass is 454 g/mol. The van der Waals surface area contributed by atoms with Crippen molar-refractivity contribution in [2.45, 2.75) is 25.9 Å². The van der Waals surface area contributed by atoms with Crippen molar-refractivity contribution in [3.8, 4) is 5.75 Å². The zero-order chi connectivity index (χ0) is 22.5. The van der Waals surface area contributed by atoms with Crippen molar-refractivity contribution in [3.63, 3.8) is 0 Å². The van der Waals surface area contributed by atoms with E-state index in [0.29, 0.717) is 30.0 Å². The van der Waals surface area contributed by atoms with Gasteiger partial charge >= 0.3 is 0 Å². The first kappa shape index (κ1) is 22.1. The van der Waals surface area contributed by atoms with Gasteiger partial charge in [-0.25, -0.2) is 4.39 Å². The van der Waals surface area contributed by atoms with E-state index in [4.69, 9.17) is 4.74 Å². The average Bonchev–Trinajstić information content (AvgIpc) is 3.06. The van der Waals surface area contributed by atoms with Crippen LogP contribution in [0.25, 0.3) is 6.08 Å². The second-order valence-corrected chi connectivity index (χ2v) is 8.66. The summed E-state index contributed by atoms with van der Waals surface area (Å²) < 4.78 is 19.5. The number of carbonyl (C=O) groups excluding carboxylic acids is 3. The van der Waals surface area contributed by atoms with Gasteiger partial charge in [-0.2, -0.15) is 0 Å². The van der Waals surface area contributed by atoms with E-state index < -0.39 is 11.1 Å². The SMILES string of the molecule is O=C(CN1C(=O)S/C(=C\c2cccc(OCc3ccccc3F)c2)C1=O)N1CCCCC1. The highest BCUT2D eigenvalue weighted by molar-refractivity contribution is 8.18. The molecule has 2 fully saturated rings. The zero-order valence-electron chi connectivity index (χ0n) is 17.5. The van der Waals surface area contributed by atoms with Crippen LogP contribution in [0.15, 0.2) is 53.4 Å². The predicted molar refractivity (Wildman–Crippen MR) is 120 cm³/mol. The van der Waals surface area contributed by atoms with E-state index in [9.17, 15) is 18.8 Å². The number of carbonyl (C=O) groups is 3. The second-order valence-electron chi connectivity index (χ2n) is 7.66. The molecular weight excluding hydrogens is 431 g/mol. The van der Waals surface area contributed by atoms with Gasteiger partial charge in [-0.05, 0) is 60.9 Å². The number of nitrogens with zero attached hydrogens (tertiary/aromatic N) is 2. The fourth-order valence-electron chi connectivity index (χ4n) is 3.64. The van der Waals surface area contributed by atoms with Gasteiger partial charge < -0.3 is 9.64 Å². The van der Waals surface area contributed by atoms with Crippen LogP contribution in [0.4, 0.5) is 9.18 Å². The van der Waals surface area contributed by atoms with Crippen molar-refractivity contribution in [1.82, 2.24) is 9.80 Å². The summed E-state index contributed by atoms with van der Waals surface area (Å²) in [4.78, 5) is 40.6. The maximum absolute atomic E-state index is 13.8. The van der Waals surface area contributed by atoms with Gasteiger partial charge in [0.2, 0.25) is 5.91 Å². The van der Waals surface area contributed by atoms with Crippen LogP contribution in [0, 0.1) is 5.82 Å². The number of imide groups is 1. The lowest BCUT2D eigenvalue weighted by molar-refractivity contribution is -0.136. The maximum atomic E-state index is 13.8. The van der Waals surface area contributed by atoms with Crippen molar-refractivity contribution in [3.05, 3.63) is 70.4 Å². The van der Waals surface area contributed by atoms with E-state index in [1.807, 2.05) is 0 Å². The summed E-state index contributed by atoms with van der Waals surface area (Å²) in [6.07, 6.45) is 4.59. The van der Waals surface area contributed by atoms with Gasteiger partial charge in [0.1, 0.15) is 24.7 Å². The Hall–Kier alpha value is -3.13. The van der Waals surface area contributed by atoms with Gasteiger partial charge in [-0.1, -0.05) is 30.3 Å². The van der Waals surface area contributed by atoms with Crippen LogP contribution in [-0.4, -0.2) is 46.5 Å². The number of amides is 3. The highest BCUT2D eigenvalue weighted by Gasteiger charge is 2.37. The molecule has 2 aliphatic heterocycles. The number of hydrogen-bond acceptors (Lipinski definition) is 5. The molecule has 0 N–H and O–H groups in total. The Morgan fingerprint density at radius 2 is 1.84 bits per heavy atom. The van der Waals surface area contributed by atoms with E-state index >= 15 is 0 Å². The highest BCUT2D eigenvalue weighted by atomic mass is 32.2. The number of likely N-dealkylation sites (tertiary alicyclic amines) is 1. The molecular formula is C24H23FN2O4S. The van der Waals surface area contributed by atoms with E-state index in [2.05, 4.69) is 0 Å². The van der Waals surface area contributed by atoms with Crippen molar-refractivity contribution in [1.29, 1.82) is 0 Å². The molecule has 0 saturated carbocycles. The third-order valence-corrected chi connectivity index (χ3v) is 6.29. The third-order valence-electron chi connectivity index (χ3n) is 5.38. The Kier molecular flexibility index (Phi) is 6.90. The predicted octanol–water partition coefficient (Wildman–Crippen LogP) is 4.45. The normalized spacial score (nSPS) is 17.8. The molecule has 0 aliphatic carbocycles. The number of thioether (sulfide) groups is 1. The Morgan fingerprint density at radius 3 is 2.62 bits per heavy atom. The number of benzene rings is 2. The number of hydrogen-bond donors (Lipinski definition) is 0. The van der Waals surface area contributed by atoms with Crippen LogP contribution in [0.1, 0.15) is 30.4 Å². The third kappa shape index (κ3) is 5.19. The molecule has 32 heavy (non-hydrogen) atoms. The van der Waals surface area contributed by atoms with Gasteiger partial charge in [0.05, 0.1) is 4.91 Å². The molecule has 2 heterocycles.